The quantitative estimate of drug-likeness (QED) is 0.430. The first-order valence-electron chi connectivity index (χ1n) is 14.3. The average molecular weight is 514 g/mol. The van der Waals surface area contributed by atoms with E-state index in [1.165, 1.54) is 31.2 Å². The molecule has 0 aliphatic carbocycles. The Morgan fingerprint density at radius 2 is 1.97 bits per heavy atom. The van der Waals surface area contributed by atoms with Gasteiger partial charge in [0.15, 0.2) is 12.8 Å². The molecule has 3 saturated heterocycles. The summed E-state index contributed by atoms with van der Waals surface area (Å²) in [7, 11) is 2.28. The molecule has 3 fully saturated rings. The third-order valence-electron chi connectivity index (χ3n) is 8.69. The van der Waals surface area contributed by atoms with Crippen molar-refractivity contribution in [2.24, 2.45) is 0 Å². The number of amides is 2. The minimum Gasteiger partial charge on any atom is -0.368 e. The summed E-state index contributed by atoms with van der Waals surface area (Å²) >= 11 is 0. The van der Waals surface area contributed by atoms with Crippen molar-refractivity contribution in [1.82, 2.24) is 15.9 Å². The number of ether oxygens (including phenoxy) is 1. The van der Waals surface area contributed by atoms with Crippen molar-refractivity contribution in [3.05, 3.63) is 23.8 Å². The number of hydrazine groups is 1. The second kappa shape index (κ2) is 11.0. The molecule has 37 heavy (non-hydrogen) atoms. The van der Waals surface area contributed by atoms with E-state index in [1.807, 2.05) is 22.8 Å². The first kappa shape index (κ1) is 26.6. The molecule has 0 radical (unpaired) electrons. The maximum atomic E-state index is 13.5. The zero-order valence-electron chi connectivity index (χ0n) is 23.0. The van der Waals surface area contributed by atoms with Gasteiger partial charge in [-0.05, 0) is 50.3 Å². The van der Waals surface area contributed by atoms with Crippen LogP contribution < -0.4 is 20.7 Å². The van der Waals surface area contributed by atoms with Crippen LogP contribution in [0.2, 0.25) is 0 Å². The maximum Gasteiger partial charge on any atom is 0.256 e. The summed E-state index contributed by atoms with van der Waals surface area (Å²) in [5.41, 5.74) is 10.4. The number of carbonyl (C=O) groups excluding carboxylic acids is 2. The number of hydrogen-bond acceptors (Lipinski definition) is 6. The number of hydrogen-bond donors (Lipinski definition) is 2. The van der Waals surface area contributed by atoms with E-state index in [1.54, 1.807) is 6.92 Å². The molecule has 4 aliphatic rings. The summed E-state index contributed by atoms with van der Waals surface area (Å²) in [5.74, 6) is 0.0219. The molecule has 1 aromatic rings. The lowest BCUT2D eigenvalue weighted by Crippen LogP contribution is -2.64. The predicted molar refractivity (Wildman–Crippen MR) is 144 cm³/mol. The number of nitrogens with one attached hydrogen (secondary N) is 2. The van der Waals surface area contributed by atoms with Crippen LogP contribution in [0.5, 0.6) is 0 Å². The molecule has 5 atom stereocenters. The van der Waals surface area contributed by atoms with Crippen LogP contribution in [0.15, 0.2) is 18.2 Å². The van der Waals surface area contributed by atoms with E-state index in [0.717, 1.165) is 54.9 Å². The van der Waals surface area contributed by atoms with Crippen LogP contribution >= 0.6 is 0 Å². The SMILES string of the molecule is CCCCCCN1NC[N+]2(C)NC(c3ccc4c(c3)N(C(=O)C3CCCO3)CC(C)N4C(C)=O)CCC12. The van der Waals surface area contributed by atoms with E-state index in [0.29, 0.717) is 19.3 Å². The highest BCUT2D eigenvalue weighted by Crippen LogP contribution is 2.41. The molecule has 2 N–H and O–H groups in total. The highest BCUT2D eigenvalue weighted by molar-refractivity contribution is 6.05. The summed E-state index contributed by atoms with van der Waals surface area (Å²) in [4.78, 5) is 29.8. The highest BCUT2D eigenvalue weighted by Gasteiger charge is 2.49. The van der Waals surface area contributed by atoms with Crippen molar-refractivity contribution in [3.8, 4) is 0 Å². The van der Waals surface area contributed by atoms with Gasteiger partial charge in [0.2, 0.25) is 5.91 Å². The molecule has 4 aliphatic heterocycles. The number of benzene rings is 1. The van der Waals surface area contributed by atoms with Gasteiger partial charge in [-0.15, -0.1) is 0 Å². The molecule has 0 bridgehead atoms. The molecule has 0 saturated carbocycles. The largest absolute Gasteiger partial charge is 0.368 e. The van der Waals surface area contributed by atoms with E-state index < -0.39 is 0 Å². The van der Waals surface area contributed by atoms with Gasteiger partial charge >= 0.3 is 0 Å². The monoisotopic (exact) mass is 513 g/mol. The fourth-order valence-corrected chi connectivity index (χ4v) is 6.74. The van der Waals surface area contributed by atoms with Crippen molar-refractivity contribution in [2.75, 3.05) is 43.2 Å². The maximum absolute atomic E-state index is 13.5. The zero-order valence-corrected chi connectivity index (χ0v) is 23.0. The van der Waals surface area contributed by atoms with Crippen molar-refractivity contribution in [1.29, 1.82) is 0 Å². The molecule has 5 unspecified atom stereocenters. The van der Waals surface area contributed by atoms with E-state index in [9.17, 15) is 9.59 Å². The van der Waals surface area contributed by atoms with E-state index in [4.69, 9.17) is 4.74 Å². The lowest BCUT2D eigenvalue weighted by atomic mass is 9.95. The summed E-state index contributed by atoms with van der Waals surface area (Å²) < 4.78 is 6.52. The Kier molecular flexibility index (Phi) is 7.88. The fraction of sp³-hybridized carbons (Fsp3) is 0.714. The molecule has 0 aromatic heterocycles. The van der Waals surface area contributed by atoms with E-state index in [-0.39, 0.29) is 30.0 Å². The standard InChI is InChI=1S/C28H45N6O3/c1-5-6-7-8-15-32-27-14-12-23(30-34(27,4)19-29-32)22-11-13-24-25(17-22)31(18-20(2)33(24)21(3)35)28(36)26-10-9-16-37-26/h11,13,17,20,23,26-27,29-30H,5-10,12,14-16,18-19H2,1-4H3/q+1. The minimum absolute atomic E-state index is 0.00424. The Bertz CT molecular complexity index is 998. The Morgan fingerprint density at radius 3 is 2.70 bits per heavy atom. The topological polar surface area (TPSA) is 77.2 Å². The first-order chi connectivity index (χ1) is 17.8. The molecule has 2 amide bonds. The Hall–Kier alpha value is -2.04. The Labute approximate surface area is 221 Å². The summed E-state index contributed by atoms with van der Waals surface area (Å²) in [6.07, 6.45) is 8.91. The smallest absolute Gasteiger partial charge is 0.256 e. The van der Waals surface area contributed by atoms with Crippen LogP contribution in [-0.4, -0.2) is 73.1 Å². The van der Waals surface area contributed by atoms with Crippen LogP contribution in [0.25, 0.3) is 0 Å². The first-order valence-corrected chi connectivity index (χ1v) is 14.3. The minimum atomic E-state index is -0.385. The van der Waals surface area contributed by atoms with Gasteiger partial charge in [-0.1, -0.05) is 32.3 Å². The van der Waals surface area contributed by atoms with Gasteiger partial charge in [0, 0.05) is 33.0 Å². The summed E-state index contributed by atoms with van der Waals surface area (Å²) in [6.45, 7) is 8.94. The Morgan fingerprint density at radius 1 is 1.14 bits per heavy atom. The van der Waals surface area contributed by atoms with Gasteiger partial charge in [0.1, 0.15) is 6.10 Å². The number of rotatable bonds is 7. The number of carbonyl (C=O) groups is 2. The zero-order chi connectivity index (χ0) is 26.2. The number of anilines is 2. The van der Waals surface area contributed by atoms with Crippen LogP contribution in [0.3, 0.4) is 0 Å². The molecule has 0 spiro atoms. The highest BCUT2D eigenvalue weighted by atomic mass is 16.5. The fourth-order valence-electron chi connectivity index (χ4n) is 6.74. The second-order valence-corrected chi connectivity index (χ2v) is 11.5. The van der Waals surface area contributed by atoms with Crippen LogP contribution in [0.4, 0.5) is 11.4 Å². The van der Waals surface area contributed by atoms with Crippen molar-refractivity contribution >= 4 is 23.2 Å². The second-order valence-electron chi connectivity index (χ2n) is 11.5. The van der Waals surface area contributed by atoms with Gasteiger partial charge < -0.3 is 14.5 Å². The molecule has 9 nitrogen and oxygen atoms in total. The third kappa shape index (κ3) is 5.16. The number of fused-ring (bicyclic) bond motifs is 2. The molecular formula is C28H45N6O3+. The molecule has 9 heteroatoms. The molecule has 204 valence electrons. The van der Waals surface area contributed by atoms with Gasteiger partial charge in [0.05, 0.1) is 30.5 Å². The van der Waals surface area contributed by atoms with Crippen molar-refractivity contribution in [2.45, 2.75) is 96.5 Å². The van der Waals surface area contributed by atoms with Gasteiger partial charge in [-0.2, -0.15) is 15.9 Å². The number of nitrogens with zero attached hydrogens (tertiary/aromatic N) is 4. The average Bonchev–Trinajstić information content (AvgIpc) is 3.53. The molecule has 4 heterocycles. The Balaban J connectivity index is 1.37. The van der Waals surface area contributed by atoms with Gasteiger partial charge in [-0.25, -0.2) is 4.59 Å². The van der Waals surface area contributed by atoms with Crippen LogP contribution in [0.1, 0.15) is 83.7 Å². The molecular weight excluding hydrogens is 468 g/mol. The molecule has 5 rings (SSSR count). The number of quaternary nitrogens is 1. The number of unbranched alkanes of at least 4 members (excludes halogenated alkanes) is 3. The van der Waals surface area contributed by atoms with Gasteiger partial charge in [0.25, 0.3) is 5.91 Å². The predicted octanol–water partition coefficient (Wildman–Crippen LogP) is 3.42. The van der Waals surface area contributed by atoms with E-state index in [2.05, 4.69) is 42.0 Å². The van der Waals surface area contributed by atoms with Crippen LogP contribution in [-0.2, 0) is 14.3 Å². The van der Waals surface area contributed by atoms with Crippen molar-refractivity contribution < 1.29 is 18.9 Å². The summed E-state index contributed by atoms with van der Waals surface area (Å²) in [6, 6.07) is 6.40. The van der Waals surface area contributed by atoms with E-state index >= 15 is 0 Å². The van der Waals surface area contributed by atoms with Crippen LogP contribution in [0, 0.1) is 0 Å². The molecule has 1 aromatic carbocycles. The van der Waals surface area contributed by atoms with Gasteiger partial charge in [-0.3, -0.25) is 9.59 Å². The third-order valence-corrected chi connectivity index (χ3v) is 8.69. The summed E-state index contributed by atoms with van der Waals surface area (Å²) in [5, 5.41) is 2.44. The van der Waals surface area contributed by atoms with Crippen molar-refractivity contribution in [3.63, 3.8) is 0 Å². The normalized spacial score (nSPS) is 31.9. The lowest BCUT2D eigenvalue weighted by molar-refractivity contribution is -0.978. The lowest BCUT2D eigenvalue weighted by Gasteiger charge is -2.44.